The van der Waals surface area contributed by atoms with Gasteiger partial charge in [-0.1, -0.05) is 33.6 Å². The van der Waals surface area contributed by atoms with E-state index in [4.69, 9.17) is 19.7 Å². The monoisotopic (exact) mass is 605 g/mol. The van der Waals surface area contributed by atoms with Crippen LogP contribution in [-0.2, 0) is 19.1 Å². The van der Waals surface area contributed by atoms with Crippen molar-refractivity contribution in [2.45, 2.75) is 131 Å². The molecule has 0 aromatic carbocycles. The molecule has 0 radical (unpaired) electrons. The Bertz CT molecular complexity index is 726. The van der Waals surface area contributed by atoms with Gasteiger partial charge in [0.2, 0.25) is 5.91 Å². The molecule has 11 nitrogen and oxygen atoms in total. The predicted molar refractivity (Wildman–Crippen MR) is 166 cm³/mol. The van der Waals surface area contributed by atoms with Crippen LogP contribution in [0, 0.1) is 0 Å². The molecule has 1 aliphatic rings. The number of ether oxygens (including phenoxy) is 2. The number of Topliss-reactive ketones (excluding diaryl/α,β-unsaturated/α-hetero) is 1. The zero-order valence-electron chi connectivity index (χ0n) is 28.3. The fourth-order valence-corrected chi connectivity index (χ4v) is 4.36. The molecule has 2 unspecified atom stereocenters. The number of aliphatic hydroxyl groups is 3. The van der Waals surface area contributed by atoms with Gasteiger partial charge in [0.25, 0.3) is 0 Å². The molecule has 0 saturated carbocycles. The van der Waals surface area contributed by atoms with Gasteiger partial charge >= 0.3 is 6.09 Å². The summed E-state index contributed by atoms with van der Waals surface area (Å²) in [6.45, 7) is 19.8. The maximum Gasteiger partial charge on any atom is 0.410 e. The number of hydrogen-bond donors (Lipinski definition) is 3. The van der Waals surface area contributed by atoms with E-state index in [-0.39, 0.29) is 24.3 Å². The third-order valence-electron chi connectivity index (χ3n) is 6.80. The molecule has 1 fully saturated rings. The number of piperidine rings is 1. The summed E-state index contributed by atoms with van der Waals surface area (Å²) < 4.78 is 11.0. The third kappa shape index (κ3) is 20.2. The van der Waals surface area contributed by atoms with Crippen molar-refractivity contribution in [3.05, 3.63) is 0 Å². The van der Waals surface area contributed by atoms with Gasteiger partial charge in [-0.3, -0.25) is 9.69 Å². The van der Waals surface area contributed by atoms with Crippen LogP contribution in [0.1, 0.15) is 107 Å². The number of rotatable bonds is 15. The summed E-state index contributed by atoms with van der Waals surface area (Å²) in [5, 5.41) is 26.5. The van der Waals surface area contributed by atoms with Crippen LogP contribution in [0.2, 0.25) is 0 Å². The Morgan fingerprint density at radius 3 is 1.93 bits per heavy atom. The summed E-state index contributed by atoms with van der Waals surface area (Å²) in [5.41, 5.74) is -0.453. The lowest BCUT2D eigenvalue weighted by Crippen LogP contribution is -2.59. The Kier molecular flexibility index (Phi) is 22.9. The van der Waals surface area contributed by atoms with Crippen LogP contribution in [0.5, 0.6) is 0 Å². The minimum absolute atomic E-state index is 0.0230. The molecular weight excluding hydrogens is 542 g/mol. The predicted octanol–water partition coefficient (Wildman–Crippen LogP) is 3.82. The van der Waals surface area contributed by atoms with Crippen LogP contribution in [0.3, 0.4) is 0 Å². The smallest absolute Gasteiger partial charge is 0.410 e. The fraction of sp³-hybridized carbons (Fsp3) is 0.903. The van der Waals surface area contributed by atoms with Crippen LogP contribution in [0.15, 0.2) is 0 Å². The number of carbonyl (C=O) groups is 3. The zero-order chi connectivity index (χ0) is 32.9. The molecule has 11 heteroatoms. The molecule has 1 saturated heterocycles. The van der Waals surface area contributed by atoms with E-state index in [1.807, 2.05) is 18.7 Å². The van der Waals surface area contributed by atoms with E-state index in [1.54, 1.807) is 12.0 Å². The van der Waals surface area contributed by atoms with Crippen molar-refractivity contribution in [2.75, 3.05) is 53.0 Å². The Balaban J connectivity index is 0. The largest absolute Gasteiger partial charge is 0.449 e. The van der Waals surface area contributed by atoms with Crippen LogP contribution in [0.4, 0.5) is 4.79 Å². The Hall–Kier alpha value is -1.79. The number of ketones is 1. The number of hydrogen-bond acceptors (Lipinski definition) is 9. The first-order valence-electron chi connectivity index (χ1n) is 15.6. The normalized spacial score (nSPS) is 16.1. The van der Waals surface area contributed by atoms with Gasteiger partial charge in [0.1, 0.15) is 12.3 Å². The second-order valence-corrected chi connectivity index (χ2v) is 11.9. The van der Waals surface area contributed by atoms with Gasteiger partial charge in [-0.2, -0.15) is 0 Å². The second-order valence-electron chi connectivity index (χ2n) is 11.9. The standard InChI is InChI=1S/C25H49N3O5.C3H8O2.C3H6O/c1-7-11-15-27(10-4)23(30)20-28(24(31)33-18-9-3)25(5)13-16-26(17-14-25)19-22(32-6)21(29)12-8-2;1-3(2,4)5;1-3(2)4/h21-22,29H,7-20H2,1-6H3;4-5H,1-2H3;1-2H3. The average molecular weight is 606 g/mol. The highest BCUT2D eigenvalue weighted by Gasteiger charge is 2.41. The summed E-state index contributed by atoms with van der Waals surface area (Å²) >= 11 is 0. The maximum atomic E-state index is 13.1. The average Bonchev–Trinajstić information content (AvgIpc) is 2.89. The maximum absolute atomic E-state index is 13.1. The summed E-state index contributed by atoms with van der Waals surface area (Å²) in [7, 11) is 1.65. The second kappa shape index (κ2) is 22.7. The van der Waals surface area contributed by atoms with Crippen molar-refractivity contribution >= 4 is 17.8 Å². The highest BCUT2D eigenvalue weighted by Crippen LogP contribution is 2.30. The van der Waals surface area contributed by atoms with Crippen molar-refractivity contribution in [2.24, 2.45) is 0 Å². The van der Waals surface area contributed by atoms with E-state index in [2.05, 4.69) is 25.7 Å². The van der Waals surface area contributed by atoms with E-state index in [1.165, 1.54) is 27.7 Å². The molecule has 2 atom stereocenters. The van der Waals surface area contributed by atoms with E-state index in [0.717, 1.165) is 58.0 Å². The van der Waals surface area contributed by atoms with Crippen LogP contribution in [-0.4, -0.2) is 124 Å². The van der Waals surface area contributed by atoms with Gasteiger partial charge in [0.15, 0.2) is 5.79 Å². The highest BCUT2D eigenvalue weighted by molar-refractivity contribution is 5.82. The third-order valence-corrected chi connectivity index (χ3v) is 6.80. The van der Waals surface area contributed by atoms with Crippen molar-refractivity contribution in [1.82, 2.24) is 14.7 Å². The first-order valence-corrected chi connectivity index (χ1v) is 15.6. The summed E-state index contributed by atoms with van der Waals surface area (Å²) in [6, 6.07) is 0. The van der Waals surface area contributed by atoms with Crippen LogP contribution < -0.4 is 0 Å². The topological polar surface area (TPSA) is 140 Å². The number of methoxy groups -OCH3 is 1. The highest BCUT2D eigenvalue weighted by atomic mass is 16.6. The number of likely N-dealkylation sites (N-methyl/N-ethyl adjacent to an activating group) is 1. The fourth-order valence-electron chi connectivity index (χ4n) is 4.36. The van der Waals surface area contributed by atoms with Crippen molar-refractivity contribution in [3.63, 3.8) is 0 Å². The molecule has 1 rings (SSSR count). The number of unbranched alkanes of at least 4 members (excludes halogenated alkanes) is 1. The number of aliphatic hydroxyl groups excluding tert-OH is 1. The quantitative estimate of drug-likeness (QED) is 0.238. The minimum atomic E-state index is -1.50. The lowest BCUT2D eigenvalue weighted by molar-refractivity contribution is -0.134. The van der Waals surface area contributed by atoms with Crippen molar-refractivity contribution in [3.8, 4) is 0 Å². The van der Waals surface area contributed by atoms with Gasteiger partial charge in [-0.25, -0.2) is 4.79 Å². The van der Waals surface area contributed by atoms with E-state index >= 15 is 0 Å². The molecule has 1 heterocycles. The van der Waals surface area contributed by atoms with E-state index in [9.17, 15) is 19.5 Å². The van der Waals surface area contributed by atoms with E-state index < -0.39 is 23.5 Å². The Labute approximate surface area is 255 Å². The van der Waals surface area contributed by atoms with Crippen molar-refractivity contribution < 1.29 is 39.2 Å². The molecule has 3 N–H and O–H groups in total. The summed E-state index contributed by atoms with van der Waals surface area (Å²) in [4.78, 5) is 41.3. The SMILES string of the molecule is CC(C)(O)O.CC(C)=O.CCCCN(CC)C(=O)CN(C(=O)OCCC)C1(C)CCN(CC(OC)C(O)CCC)CC1. The zero-order valence-corrected chi connectivity index (χ0v) is 28.3. The number of likely N-dealkylation sites (tertiary alicyclic amines) is 1. The van der Waals surface area contributed by atoms with Crippen molar-refractivity contribution in [1.29, 1.82) is 0 Å². The minimum Gasteiger partial charge on any atom is -0.449 e. The van der Waals surface area contributed by atoms with Gasteiger partial charge < -0.3 is 39.4 Å². The molecule has 0 aromatic heterocycles. The molecular formula is C31H63N3O8. The first-order chi connectivity index (χ1) is 19.5. The number of amides is 2. The van der Waals surface area contributed by atoms with Gasteiger partial charge in [0.05, 0.1) is 18.8 Å². The summed E-state index contributed by atoms with van der Waals surface area (Å²) in [5.74, 6) is -1.36. The van der Waals surface area contributed by atoms with Crippen LogP contribution in [0.25, 0.3) is 0 Å². The Morgan fingerprint density at radius 1 is 1.00 bits per heavy atom. The first kappa shape index (κ1) is 42.3. The molecule has 0 bridgehead atoms. The lowest BCUT2D eigenvalue weighted by Gasteiger charge is -2.46. The number of nitrogens with zero attached hydrogens (tertiary/aromatic N) is 3. The number of carbonyl (C=O) groups excluding carboxylic acids is 3. The molecule has 2 amide bonds. The molecule has 0 aliphatic carbocycles. The molecule has 1 aliphatic heterocycles. The van der Waals surface area contributed by atoms with Crippen LogP contribution >= 0.6 is 0 Å². The van der Waals surface area contributed by atoms with Gasteiger partial charge in [-0.15, -0.1) is 0 Å². The molecule has 250 valence electrons. The Morgan fingerprint density at radius 2 is 1.52 bits per heavy atom. The molecule has 42 heavy (non-hydrogen) atoms. The van der Waals surface area contributed by atoms with E-state index in [0.29, 0.717) is 26.2 Å². The molecule has 0 aromatic rings. The van der Waals surface area contributed by atoms with Gasteiger partial charge in [0, 0.05) is 45.4 Å². The summed E-state index contributed by atoms with van der Waals surface area (Å²) in [6.07, 6.45) is 4.73. The molecule has 0 spiro atoms. The van der Waals surface area contributed by atoms with Gasteiger partial charge in [-0.05, 0) is 73.6 Å². The lowest BCUT2D eigenvalue weighted by atomic mass is 9.87.